The molecule has 5 fully saturated rings. The minimum Gasteiger partial charge on any atom is -0.392 e. The summed E-state index contributed by atoms with van der Waals surface area (Å²) in [7, 11) is 0. The number of aliphatic hydroxyl groups excluding tert-OH is 1. The van der Waals surface area contributed by atoms with Crippen LogP contribution in [0.25, 0.3) is 11.0 Å². The zero-order valence-electron chi connectivity index (χ0n) is 25.8. The van der Waals surface area contributed by atoms with E-state index in [1.807, 2.05) is 73.1 Å². The molecule has 4 aliphatic carbocycles. The second-order valence-corrected chi connectivity index (χ2v) is 14.1. The molecule has 4 atom stereocenters. The maximum atomic E-state index is 13.2. The zero-order valence-corrected chi connectivity index (χ0v) is 25.8. The minimum absolute atomic E-state index is 0.00433. The van der Waals surface area contributed by atoms with Crippen molar-refractivity contribution in [3.8, 4) is 0 Å². The third kappa shape index (κ3) is 5.64. The highest BCUT2D eigenvalue weighted by Gasteiger charge is 2.51. The lowest BCUT2D eigenvalue weighted by molar-refractivity contribution is -0.276. The number of ether oxygens (including phenoxy) is 2. The number of amides is 2. The number of aliphatic hydroxyl groups is 1. The van der Waals surface area contributed by atoms with Crippen molar-refractivity contribution >= 4 is 22.8 Å². The summed E-state index contributed by atoms with van der Waals surface area (Å²) in [6, 6.07) is 23.8. The molecule has 4 aromatic rings. The second kappa shape index (κ2) is 11.6. The first-order valence-electron chi connectivity index (χ1n) is 16.5. The van der Waals surface area contributed by atoms with E-state index in [4.69, 9.17) is 9.47 Å². The highest BCUT2D eigenvalue weighted by atomic mass is 16.7. The first-order chi connectivity index (χ1) is 21.9. The maximum absolute atomic E-state index is 13.2. The number of carbonyl (C=O) groups is 1. The smallest absolute Gasteiger partial charge is 0.319 e. The van der Waals surface area contributed by atoms with Gasteiger partial charge in [0.25, 0.3) is 0 Å². The Labute approximate surface area is 264 Å². The Kier molecular flexibility index (Phi) is 7.39. The van der Waals surface area contributed by atoms with E-state index in [1.54, 1.807) is 0 Å². The third-order valence-corrected chi connectivity index (χ3v) is 10.9. The van der Waals surface area contributed by atoms with E-state index in [0.717, 1.165) is 70.4 Å². The zero-order chi connectivity index (χ0) is 30.5. The average molecular weight is 607 g/mol. The van der Waals surface area contributed by atoms with Crippen LogP contribution >= 0.6 is 0 Å². The van der Waals surface area contributed by atoms with E-state index in [0.29, 0.717) is 6.54 Å². The number of carbonyl (C=O) groups excluding carboxylic acids is 1. The van der Waals surface area contributed by atoms with Gasteiger partial charge in [0.2, 0.25) is 0 Å². The Morgan fingerprint density at radius 2 is 1.58 bits per heavy atom. The molecule has 9 rings (SSSR count). The van der Waals surface area contributed by atoms with Crippen molar-refractivity contribution in [2.45, 2.75) is 82.6 Å². The number of para-hydroxylation sites is 2. The fraction of sp³-hybridized carbons (Fsp3) is 0.459. The van der Waals surface area contributed by atoms with E-state index in [9.17, 15) is 9.90 Å². The number of imidazole rings is 1. The molecule has 45 heavy (non-hydrogen) atoms. The van der Waals surface area contributed by atoms with Gasteiger partial charge in [0.15, 0.2) is 6.29 Å². The van der Waals surface area contributed by atoms with Gasteiger partial charge in [0.05, 0.1) is 42.7 Å². The van der Waals surface area contributed by atoms with Crippen LogP contribution in [0, 0.1) is 23.7 Å². The van der Waals surface area contributed by atoms with Crippen LogP contribution in [-0.2, 0) is 22.6 Å². The molecule has 1 aliphatic heterocycles. The fourth-order valence-corrected chi connectivity index (χ4v) is 9.07. The second-order valence-electron chi connectivity index (χ2n) is 14.1. The fourth-order valence-electron chi connectivity index (χ4n) is 9.07. The number of anilines is 1. The van der Waals surface area contributed by atoms with Crippen LogP contribution in [0.3, 0.4) is 0 Å². The molecule has 0 radical (unpaired) electrons. The molecule has 8 nitrogen and oxygen atoms in total. The molecule has 8 heteroatoms. The predicted octanol–water partition coefficient (Wildman–Crippen LogP) is 7.11. The van der Waals surface area contributed by atoms with Crippen LogP contribution in [0.4, 0.5) is 10.5 Å². The van der Waals surface area contributed by atoms with Crippen molar-refractivity contribution in [3.63, 3.8) is 0 Å². The normalized spacial score (nSPS) is 32.1. The number of benzene rings is 3. The summed E-state index contributed by atoms with van der Waals surface area (Å²) in [5.41, 5.74) is 5.57. The van der Waals surface area contributed by atoms with Gasteiger partial charge in [-0.15, -0.1) is 0 Å². The number of urea groups is 1. The number of hydrogen-bond acceptors (Lipinski definition) is 5. The van der Waals surface area contributed by atoms with Gasteiger partial charge in [0.1, 0.15) is 0 Å². The molecule has 4 saturated carbocycles. The molecule has 2 heterocycles. The highest BCUT2D eigenvalue weighted by Crippen LogP contribution is 2.55. The Morgan fingerprint density at radius 1 is 0.911 bits per heavy atom. The van der Waals surface area contributed by atoms with Gasteiger partial charge in [-0.3, -0.25) is 0 Å². The van der Waals surface area contributed by atoms with Crippen molar-refractivity contribution < 1.29 is 19.4 Å². The van der Waals surface area contributed by atoms with Crippen LogP contribution in [0.1, 0.15) is 74.5 Å². The lowest BCUT2D eigenvalue weighted by atomic mass is 9.53. The quantitative estimate of drug-likeness (QED) is 0.208. The van der Waals surface area contributed by atoms with E-state index in [-0.39, 0.29) is 36.3 Å². The first-order valence-corrected chi connectivity index (χ1v) is 16.5. The summed E-state index contributed by atoms with van der Waals surface area (Å²) < 4.78 is 15.5. The molecule has 5 aliphatic rings. The van der Waals surface area contributed by atoms with Crippen molar-refractivity contribution in [1.29, 1.82) is 0 Å². The van der Waals surface area contributed by atoms with Gasteiger partial charge in [-0.1, -0.05) is 55.5 Å². The van der Waals surface area contributed by atoms with Crippen molar-refractivity contribution in [2.75, 3.05) is 5.32 Å². The van der Waals surface area contributed by atoms with Gasteiger partial charge in [-0.05, 0) is 91.7 Å². The van der Waals surface area contributed by atoms with Gasteiger partial charge >= 0.3 is 6.03 Å². The van der Waals surface area contributed by atoms with Crippen LogP contribution in [0.15, 0.2) is 79.1 Å². The van der Waals surface area contributed by atoms with Gasteiger partial charge in [-0.25, -0.2) is 9.78 Å². The van der Waals surface area contributed by atoms with Crippen LogP contribution in [0.2, 0.25) is 0 Å². The highest BCUT2D eigenvalue weighted by molar-refractivity contribution is 5.89. The van der Waals surface area contributed by atoms with Gasteiger partial charge < -0.3 is 29.8 Å². The summed E-state index contributed by atoms with van der Waals surface area (Å²) in [5, 5.41) is 16.1. The Hall–Kier alpha value is -3.72. The number of nitrogens with zero attached hydrogens (tertiary/aromatic N) is 2. The topological polar surface area (TPSA) is 97.6 Å². The SMILES string of the molecule is C[C@@H]1[C@H](Cn2cnc3ccccc32)O[C@H](c2ccc(NC(=O)NC34CC5CC(CC(C5)C3)C4)cc2)O[C@@H]1c1ccc(CO)cc1. The Morgan fingerprint density at radius 3 is 2.27 bits per heavy atom. The molecule has 2 amide bonds. The van der Waals surface area contributed by atoms with Gasteiger partial charge in [0, 0.05) is 22.7 Å². The number of hydrogen-bond donors (Lipinski definition) is 3. The molecule has 1 saturated heterocycles. The van der Waals surface area contributed by atoms with Gasteiger partial charge in [-0.2, -0.15) is 0 Å². The summed E-state index contributed by atoms with van der Waals surface area (Å²) in [6.07, 6.45) is 8.37. The van der Waals surface area contributed by atoms with Crippen molar-refractivity contribution in [2.24, 2.45) is 23.7 Å². The lowest BCUT2D eigenvalue weighted by Crippen LogP contribution is -2.60. The molecule has 3 N–H and O–H groups in total. The molecular formula is C37H42N4O4. The largest absolute Gasteiger partial charge is 0.392 e. The van der Waals surface area contributed by atoms with Crippen molar-refractivity contribution in [3.05, 3.63) is 95.8 Å². The maximum Gasteiger partial charge on any atom is 0.319 e. The number of fused-ring (bicyclic) bond motifs is 1. The molecule has 0 spiro atoms. The van der Waals surface area contributed by atoms with E-state index < -0.39 is 6.29 Å². The van der Waals surface area contributed by atoms with Crippen LogP contribution in [-0.4, -0.2) is 32.3 Å². The molecule has 234 valence electrons. The summed E-state index contributed by atoms with van der Waals surface area (Å²) in [5.74, 6) is 2.39. The minimum atomic E-state index is -0.585. The third-order valence-electron chi connectivity index (χ3n) is 10.9. The number of nitrogens with one attached hydrogen (secondary N) is 2. The molecule has 1 aromatic heterocycles. The standard InChI is InChI=1S/C37H42N4O4/c1-23-33(20-41-22-38-31-4-2-3-5-32(31)41)44-35(45-34(23)28-8-6-24(21-42)7-9-28)29-10-12-30(13-11-29)39-36(43)40-37-17-25-14-26(18-37)16-27(15-25)19-37/h2-13,22-23,25-27,33-35,42H,14-21H2,1H3,(H2,39,40,43)/t23-,25?,26?,27?,33+,34+,35+,37?/m1/s1. The average Bonchev–Trinajstić information content (AvgIpc) is 3.44. The number of aromatic nitrogens is 2. The predicted molar refractivity (Wildman–Crippen MR) is 172 cm³/mol. The lowest BCUT2D eigenvalue weighted by Gasteiger charge is -2.56. The molecular weight excluding hydrogens is 564 g/mol. The first kappa shape index (κ1) is 28.7. The Balaban J connectivity index is 0.996. The molecule has 3 aromatic carbocycles. The van der Waals surface area contributed by atoms with E-state index >= 15 is 0 Å². The summed E-state index contributed by atoms with van der Waals surface area (Å²) in [4.78, 5) is 17.7. The molecule has 4 bridgehead atoms. The van der Waals surface area contributed by atoms with E-state index in [2.05, 4.69) is 33.2 Å². The summed E-state index contributed by atoms with van der Waals surface area (Å²) >= 11 is 0. The van der Waals surface area contributed by atoms with Crippen molar-refractivity contribution in [1.82, 2.24) is 14.9 Å². The monoisotopic (exact) mass is 606 g/mol. The van der Waals surface area contributed by atoms with Crippen LogP contribution in [0.5, 0.6) is 0 Å². The van der Waals surface area contributed by atoms with Crippen LogP contribution < -0.4 is 10.6 Å². The Bertz CT molecular complexity index is 1630. The number of rotatable bonds is 7. The molecule has 0 unspecified atom stereocenters. The van der Waals surface area contributed by atoms with E-state index in [1.165, 1.54) is 19.3 Å². The summed E-state index contributed by atoms with van der Waals surface area (Å²) in [6.45, 7) is 2.81.